The van der Waals surface area contributed by atoms with Gasteiger partial charge in [-0.25, -0.2) is 4.79 Å². The maximum absolute atomic E-state index is 11.8. The van der Waals surface area contributed by atoms with Crippen molar-refractivity contribution in [2.75, 3.05) is 6.61 Å². The zero-order valence-electron chi connectivity index (χ0n) is 12.1. The summed E-state index contributed by atoms with van der Waals surface area (Å²) in [6.07, 6.45) is 0. The van der Waals surface area contributed by atoms with Crippen LogP contribution >= 0.6 is 0 Å². The topological polar surface area (TPSA) is 52.6 Å². The van der Waals surface area contributed by atoms with Crippen LogP contribution < -0.4 is 4.74 Å². The second kappa shape index (κ2) is 5.87. The van der Waals surface area contributed by atoms with E-state index in [9.17, 15) is 9.59 Å². The first-order valence-electron chi connectivity index (χ1n) is 6.25. The summed E-state index contributed by atoms with van der Waals surface area (Å²) in [5.41, 5.74) is 0.377. The van der Waals surface area contributed by atoms with Gasteiger partial charge in [0.25, 0.3) is 0 Å². The highest BCUT2D eigenvalue weighted by Gasteiger charge is 2.32. The lowest BCUT2D eigenvalue weighted by Crippen LogP contribution is -2.39. The first kappa shape index (κ1) is 15.2. The van der Waals surface area contributed by atoms with Crippen LogP contribution in [0.15, 0.2) is 18.2 Å². The molecule has 0 saturated heterocycles. The molecule has 0 saturated carbocycles. The Morgan fingerprint density at radius 3 is 2.37 bits per heavy atom. The summed E-state index contributed by atoms with van der Waals surface area (Å²) in [6.45, 7) is 8.72. The second-order valence-electron chi connectivity index (χ2n) is 4.87. The van der Waals surface area contributed by atoms with Crippen LogP contribution in [0.1, 0.15) is 43.6 Å². The molecule has 0 spiro atoms. The van der Waals surface area contributed by atoms with Crippen LogP contribution in [0, 0.1) is 6.92 Å². The van der Waals surface area contributed by atoms with Crippen molar-refractivity contribution < 1.29 is 19.1 Å². The largest absolute Gasteiger partial charge is 0.476 e. The summed E-state index contributed by atoms with van der Waals surface area (Å²) < 4.78 is 10.7. The van der Waals surface area contributed by atoms with Crippen LogP contribution in [0.2, 0.25) is 0 Å². The number of rotatable bonds is 5. The molecule has 0 aromatic heterocycles. The van der Waals surface area contributed by atoms with Crippen LogP contribution in [0.25, 0.3) is 0 Å². The van der Waals surface area contributed by atoms with Gasteiger partial charge in [-0.15, -0.1) is 0 Å². The summed E-state index contributed by atoms with van der Waals surface area (Å²) in [7, 11) is 0. The summed E-state index contributed by atoms with van der Waals surface area (Å²) in [5, 5.41) is 0. The highest BCUT2D eigenvalue weighted by molar-refractivity contribution is 5.94. The third-order valence-corrected chi connectivity index (χ3v) is 2.71. The molecular weight excluding hydrogens is 244 g/mol. The second-order valence-corrected chi connectivity index (χ2v) is 4.87. The number of aryl methyl sites for hydroxylation is 1. The van der Waals surface area contributed by atoms with Gasteiger partial charge < -0.3 is 9.47 Å². The molecule has 0 aliphatic carbocycles. The maximum atomic E-state index is 11.8. The molecule has 4 nitrogen and oxygen atoms in total. The van der Waals surface area contributed by atoms with E-state index < -0.39 is 11.6 Å². The number of ether oxygens (including phenoxy) is 2. The van der Waals surface area contributed by atoms with Gasteiger partial charge >= 0.3 is 5.97 Å². The zero-order valence-corrected chi connectivity index (χ0v) is 12.1. The molecular formula is C15H20O4. The Balaban J connectivity index is 2.93. The van der Waals surface area contributed by atoms with Crippen molar-refractivity contribution in [1.82, 2.24) is 0 Å². The van der Waals surface area contributed by atoms with Crippen molar-refractivity contribution in [2.24, 2.45) is 0 Å². The standard InChI is InChI=1S/C15H20O4/c1-6-18-14(17)15(4,5)19-13-8-7-12(11(3)16)9-10(13)2/h7-9H,6H2,1-5H3. The average Bonchev–Trinajstić information content (AvgIpc) is 2.31. The van der Waals surface area contributed by atoms with E-state index in [4.69, 9.17) is 9.47 Å². The van der Waals surface area contributed by atoms with Gasteiger partial charge in [-0.1, -0.05) is 0 Å². The quantitative estimate of drug-likeness (QED) is 0.606. The number of Topliss-reactive ketones (excluding diaryl/α,β-unsaturated/α-hetero) is 1. The summed E-state index contributed by atoms with van der Waals surface area (Å²) in [4.78, 5) is 23.0. The van der Waals surface area contributed by atoms with Crippen molar-refractivity contribution in [3.63, 3.8) is 0 Å². The van der Waals surface area contributed by atoms with Gasteiger partial charge in [0, 0.05) is 5.56 Å². The molecule has 0 fully saturated rings. The third-order valence-electron chi connectivity index (χ3n) is 2.71. The number of hydrogen-bond donors (Lipinski definition) is 0. The van der Waals surface area contributed by atoms with Crippen LogP contribution in [0.3, 0.4) is 0 Å². The third kappa shape index (κ3) is 3.81. The van der Waals surface area contributed by atoms with Crippen molar-refractivity contribution >= 4 is 11.8 Å². The number of benzene rings is 1. The molecule has 0 aliphatic rings. The fourth-order valence-corrected chi connectivity index (χ4v) is 1.60. The predicted octanol–water partition coefficient (Wildman–Crippen LogP) is 2.92. The van der Waals surface area contributed by atoms with E-state index in [-0.39, 0.29) is 5.78 Å². The van der Waals surface area contributed by atoms with E-state index in [0.29, 0.717) is 17.9 Å². The van der Waals surface area contributed by atoms with Gasteiger partial charge in [-0.2, -0.15) is 0 Å². The lowest BCUT2D eigenvalue weighted by Gasteiger charge is -2.25. The van der Waals surface area contributed by atoms with Crippen molar-refractivity contribution in [3.05, 3.63) is 29.3 Å². The molecule has 4 heteroatoms. The zero-order chi connectivity index (χ0) is 14.6. The fraction of sp³-hybridized carbons (Fsp3) is 0.467. The molecule has 0 amide bonds. The van der Waals surface area contributed by atoms with E-state index in [1.165, 1.54) is 6.92 Å². The Kier molecular flexibility index (Phi) is 4.70. The average molecular weight is 264 g/mol. The van der Waals surface area contributed by atoms with Gasteiger partial charge in [0.2, 0.25) is 0 Å². The number of hydrogen-bond acceptors (Lipinski definition) is 4. The van der Waals surface area contributed by atoms with E-state index >= 15 is 0 Å². The van der Waals surface area contributed by atoms with Gasteiger partial charge in [0.15, 0.2) is 11.4 Å². The Hall–Kier alpha value is -1.84. The smallest absolute Gasteiger partial charge is 0.349 e. The molecule has 0 radical (unpaired) electrons. The van der Waals surface area contributed by atoms with E-state index in [1.54, 1.807) is 39.0 Å². The van der Waals surface area contributed by atoms with E-state index in [2.05, 4.69) is 0 Å². The predicted molar refractivity (Wildman–Crippen MR) is 72.5 cm³/mol. The number of esters is 1. The van der Waals surface area contributed by atoms with Crippen LogP contribution in [0.4, 0.5) is 0 Å². The Morgan fingerprint density at radius 1 is 1.26 bits per heavy atom. The van der Waals surface area contributed by atoms with Crippen LogP contribution in [-0.4, -0.2) is 24.0 Å². The van der Waals surface area contributed by atoms with Crippen molar-refractivity contribution in [3.8, 4) is 5.75 Å². The Labute approximate surface area is 113 Å². The summed E-state index contributed by atoms with van der Waals surface area (Å²) in [6, 6.07) is 5.14. The van der Waals surface area contributed by atoms with Gasteiger partial charge in [-0.05, 0) is 58.4 Å². The molecule has 0 bridgehead atoms. The van der Waals surface area contributed by atoms with Gasteiger partial charge in [-0.3, -0.25) is 4.79 Å². The normalized spacial score (nSPS) is 11.0. The maximum Gasteiger partial charge on any atom is 0.349 e. The van der Waals surface area contributed by atoms with Gasteiger partial charge in [0.05, 0.1) is 6.61 Å². The summed E-state index contributed by atoms with van der Waals surface area (Å²) >= 11 is 0. The molecule has 104 valence electrons. The van der Waals surface area contributed by atoms with E-state index in [0.717, 1.165) is 5.56 Å². The molecule has 0 atom stereocenters. The minimum absolute atomic E-state index is 0.000645. The first-order chi connectivity index (χ1) is 8.77. The van der Waals surface area contributed by atoms with Crippen LogP contribution in [-0.2, 0) is 9.53 Å². The molecule has 0 heterocycles. The molecule has 1 rings (SSSR count). The first-order valence-corrected chi connectivity index (χ1v) is 6.25. The number of carbonyl (C=O) groups excluding carboxylic acids is 2. The fourth-order valence-electron chi connectivity index (χ4n) is 1.60. The Morgan fingerprint density at radius 2 is 1.89 bits per heavy atom. The lowest BCUT2D eigenvalue weighted by molar-refractivity contribution is -0.158. The molecule has 0 unspecified atom stereocenters. The highest BCUT2D eigenvalue weighted by Crippen LogP contribution is 2.24. The molecule has 1 aromatic carbocycles. The van der Waals surface area contributed by atoms with Crippen molar-refractivity contribution in [1.29, 1.82) is 0 Å². The molecule has 19 heavy (non-hydrogen) atoms. The number of carbonyl (C=O) groups is 2. The summed E-state index contributed by atoms with van der Waals surface area (Å²) in [5.74, 6) is 0.160. The van der Waals surface area contributed by atoms with Gasteiger partial charge in [0.1, 0.15) is 5.75 Å². The highest BCUT2D eigenvalue weighted by atomic mass is 16.6. The number of ketones is 1. The molecule has 0 N–H and O–H groups in total. The minimum Gasteiger partial charge on any atom is -0.476 e. The molecule has 1 aromatic rings. The Bertz CT molecular complexity index is 489. The van der Waals surface area contributed by atoms with Crippen molar-refractivity contribution in [2.45, 2.75) is 40.2 Å². The SMILES string of the molecule is CCOC(=O)C(C)(C)Oc1ccc(C(C)=O)cc1C. The lowest BCUT2D eigenvalue weighted by atomic mass is 10.1. The minimum atomic E-state index is -1.06. The van der Waals surface area contributed by atoms with Crippen LogP contribution in [0.5, 0.6) is 5.75 Å². The molecule has 0 aliphatic heterocycles. The monoisotopic (exact) mass is 264 g/mol. The van der Waals surface area contributed by atoms with E-state index in [1.807, 2.05) is 6.92 Å².